The summed E-state index contributed by atoms with van der Waals surface area (Å²) < 4.78 is 7.58. The number of amides is 1. The molecule has 1 aromatic heterocycles. The predicted molar refractivity (Wildman–Crippen MR) is 109 cm³/mol. The van der Waals surface area contributed by atoms with Crippen LogP contribution in [-0.2, 0) is 17.9 Å². The third kappa shape index (κ3) is 4.74. The maximum absolute atomic E-state index is 12.8. The van der Waals surface area contributed by atoms with Gasteiger partial charge in [-0.1, -0.05) is 26.0 Å². The highest BCUT2D eigenvalue weighted by Gasteiger charge is 2.30. The number of hydrogen-bond donors (Lipinski definition) is 1. The van der Waals surface area contributed by atoms with E-state index in [1.807, 2.05) is 42.1 Å². The first-order chi connectivity index (χ1) is 13.0. The minimum Gasteiger partial charge on any atom is -0.493 e. The summed E-state index contributed by atoms with van der Waals surface area (Å²) in [6.07, 6.45) is 5.48. The normalized spacial score (nSPS) is 15.7. The fourth-order valence-corrected chi connectivity index (χ4v) is 2.94. The van der Waals surface area contributed by atoms with E-state index >= 15 is 0 Å². The number of aromatic nitrogens is 2. The van der Waals surface area contributed by atoms with E-state index in [2.05, 4.69) is 24.3 Å². The third-order valence-corrected chi connectivity index (χ3v) is 4.39. The number of hydrogen-bond acceptors (Lipinski definition) is 4. The average molecular weight is 385 g/mol. The molecule has 1 fully saturated rings. The highest BCUT2D eigenvalue weighted by atomic mass is 32.1. The topological polar surface area (TPSA) is 59.4 Å². The van der Waals surface area contributed by atoms with Crippen molar-refractivity contribution < 1.29 is 9.53 Å². The molecule has 7 heteroatoms. The highest BCUT2D eigenvalue weighted by molar-refractivity contribution is 7.80. The standard InChI is InChI=1S/C20H24N4O2S/c1-4-23-11-16(10-21-23)12-24-19(25)18(22-20(24)27)9-15-6-5-7-17(8-15)26-13-14(2)3/h5-11,14H,4,12-13H2,1-3H3,(H,22,27)/b18-9-. The number of thiocarbonyl (C=S) groups is 1. The lowest BCUT2D eigenvalue weighted by molar-refractivity contribution is -0.122. The summed E-state index contributed by atoms with van der Waals surface area (Å²) in [6.45, 7) is 8.07. The number of rotatable bonds is 7. The number of benzene rings is 1. The Bertz CT molecular complexity index is 872. The zero-order valence-corrected chi connectivity index (χ0v) is 16.6. The molecule has 1 aliphatic heterocycles. The van der Waals surface area contributed by atoms with E-state index in [9.17, 15) is 4.79 Å². The molecule has 27 heavy (non-hydrogen) atoms. The summed E-state index contributed by atoms with van der Waals surface area (Å²) in [5.41, 5.74) is 2.29. The second kappa shape index (κ2) is 8.35. The van der Waals surface area contributed by atoms with Crippen molar-refractivity contribution >= 4 is 29.3 Å². The summed E-state index contributed by atoms with van der Waals surface area (Å²) in [7, 11) is 0. The molecule has 6 nitrogen and oxygen atoms in total. The lowest BCUT2D eigenvalue weighted by atomic mass is 10.1. The SMILES string of the molecule is CCn1cc(CN2C(=O)/C(=C/c3cccc(OCC(C)C)c3)NC2=S)cn1. The van der Waals surface area contributed by atoms with Gasteiger partial charge in [0.1, 0.15) is 11.4 Å². The lowest BCUT2D eigenvalue weighted by Crippen LogP contribution is -2.29. The molecule has 0 spiro atoms. The molecule has 2 heterocycles. The minimum absolute atomic E-state index is 0.141. The molecule has 1 aromatic carbocycles. The largest absolute Gasteiger partial charge is 0.493 e. The second-order valence-corrected chi connectivity index (χ2v) is 7.25. The van der Waals surface area contributed by atoms with Crippen LogP contribution < -0.4 is 10.1 Å². The smallest absolute Gasteiger partial charge is 0.276 e. The quantitative estimate of drug-likeness (QED) is 0.587. The molecule has 1 amide bonds. The fraction of sp³-hybridized carbons (Fsp3) is 0.350. The molecule has 142 valence electrons. The van der Waals surface area contributed by atoms with Gasteiger partial charge >= 0.3 is 0 Å². The zero-order valence-electron chi connectivity index (χ0n) is 15.8. The number of ether oxygens (including phenoxy) is 1. The Morgan fingerprint density at radius 2 is 2.19 bits per heavy atom. The molecule has 0 unspecified atom stereocenters. The van der Waals surface area contributed by atoms with Gasteiger partial charge in [0.15, 0.2) is 5.11 Å². The molecule has 1 aliphatic rings. The molecule has 3 rings (SSSR count). The highest BCUT2D eigenvalue weighted by Crippen LogP contribution is 2.20. The average Bonchev–Trinajstić information content (AvgIpc) is 3.20. The Labute approximate surface area is 164 Å². The molecule has 0 aliphatic carbocycles. The van der Waals surface area contributed by atoms with E-state index in [1.54, 1.807) is 17.2 Å². The van der Waals surface area contributed by atoms with E-state index in [-0.39, 0.29) is 5.91 Å². The third-order valence-electron chi connectivity index (χ3n) is 4.07. The van der Waals surface area contributed by atoms with Crippen molar-refractivity contribution in [2.45, 2.75) is 33.9 Å². The monoisotopic (exact) mass is 384 g/mol. The van der Waals surface area contributed by atoms with Crippen molar-refractivity contribution in [3.63, 3.8) is 0 Å². The van der Waals surface area contributed by atoms with Crippen molar-refractivity contribution in [3.05, 3.63) is 53.5 Å². The second-order valence-electron chi connectivity index (χ2n) is 6.86. The van der Waals surface area contributed by atoms with Crippen LogP contribution in [0.2, 0.25) is 0 Å². The summed E-state index contributed by atoms with van der Waals surface area (Å²) in [4.78, 5) is 14.3. The maximum atomic E-state index is 12.8. The zero-order chi connectivity index (χ0) is 19.4. The van der Waals surface area contributed by atoms with E-state index < -0.39 is 0 Å². The molecule has 1 N–H and O–H groups in total. The molecule has 0 saturated carbocycles. The first-order valence-electron chi connectivity index (χ1n) is 9.05. The van der Waals surface area contributed by atoms with Crippen molar-refractivity contribution in [1.29, 1.82) is 0 Å². The molecule has 2 aromatic rings. The first kappa shape index (κ1) is 19.1. The van der Waals surface area contributed by atoms with Crippen LogP contribution in [0.1, 0.15) is 31.9 Å². The molecular formula is C20H24N4O2S. The van der Waals surface area contributed by atoms with Gasteiger partial charge in [0.05, 0.1) is 19.3 Å². The van der Waals surface area contributed by atoms with Gasteiger partial charge in [-0.3, -0.25) is 14.4 Å². The lowest BCUT2D eigenvalue weighted by Gasteiger charge is -2.12. The Morgan fingerprint density at radius 1 is 1.37 bits per heavy atom. The maximum Gasteiger partial charge on any atom is 0.276 e. The van der Waals surface area contributed by atoms with Gasteiger partial charge in [0, 0.05) is 18.3 Å². The molecule has 1 saturated heterocycles. The van der Waals surface area contributed by atoms with Crippen molar-refractivity contribution in [1.82, 2.24) is 20.0 Å². The predicted octanol–water partition coefficient (Wildman–Crippen LogP) is 3.20. The molecule has 0 radical (unpaired) electrons. The van der Waals surface area contributed by atoms with Gasteiger partial charge < -0.3 is 10.1 Å². The molecule has 0 bridgehead atoms. The van der Waals surface area contributed by atoms with E-state index in [4.69, 9.17) is 17.0 Å². The minimum atomic E-state index is -0.141. The van der Waals surface area contributed by atoms with Crippen LogP contribution in [0.3, 0.4) is 0 Å². The number of nitrogens with zero attached hydrogens (tertiary/aromatic N) is 3. The summed E-state index contributed by atoms with van der Waals surface area (Å²) in [5.74, 6) is 1.10. The van der Waals surface area contributed by atoms with Gasteiger partial charge in [-0.25, -0.2) is 0 Å². The van der Waals surface area contributed by atoms with E-state index in [0.717, 1.165) is 23.4 Å². The van der Waals surface area contributed by atoms with Gasteiger partial charge in [0.2, 0.25) is 0 Å². The molecule has 0 atom stereocenters. The summed E-state index contributed by atoms with van der Waals surface area (Å²) >= 11 is 5.34. The number of aryl methyl sites for hydroxylation is 1. The van der Waals surface area contributed by atoms with Crippen LogP contribution in [0.25, 0.3) is 6.08 Å². The van der Waals surface area contributed by atoms with Crippen molar-refractivity contribution in [2.24, 2.45) is 5.92 Å². The summed E-state index contributed by atoms with van der Waals surface area (Å²) in [6, 6.07) is 7.68. The van der Waals surface area contributed by atoms with Gasteiger partial charge in [-0.15, -0.1) is 0 Å². The Balaban J connectivity index is 1.73. The van der Waals surface area contributed by atoms with Gasteiger partial charge in [0.25, 0.3) is 5.91 Å². The van der Waals surface area contributed by atoms with E-state index in [0.29, 0.717) is 29.9 Å². The Morgan fingerprint density at radius 3 is 2.89 bits per heavy atom. The Kier molecular flexibility index (Phi) is 5.91. The number of nitrogens with one attached hydrogen (secondary N) is 1. The van der Waals surface area contributed by atoms with Crippen LogP contribution in [0.4, 0.5) is 0 Å². The Hall–Kier alpha value is -2.67. The van der Waals surface area contributed by atoms with Crippen molar-refractivity contribution in [3.8, 4) is 5.75 Å². The van der Waals surface area contributed by atoms with Crippen LogP contribution >= 0.6 is 12.2 Å². The first-order valence-corrected chi connectivity index (χ1v) is 9.46. The number of carbonyl (C=O) groups excluding carboxylic acids is 1. The van der Waals surface area contributed by atoms with Gasteiger partial charge in [-0.2, -0.15) is 5.10 Å². The van der Waals surface area contributed by atoms with Crippen LogP contribution in [0.15, 0.2) is 42.4 Å². The van der Waals surface area contributed by atoms with Crippen LogP contribution in [-0.4, -0.2) is 32.3 Å². The molecular weight excluding hydrogens is 360 g/mol. The van der Waals surface area contributed by atoms with E-state index in [1.165, 1.54) is 0 Å². The van der Waals surface area contributed by atoms with Crippen LogP contribution in [0, 0.1) is 5.92 Å². The summed E-state index contributed by atoms with van der Waals surface area (Å²) in [5, 5.41) is 7.66. The fourth-order valence-electron chi connectivity index (χ4n) is 2.68. The number of carbonyl (C=O) groups is 1. The van der Waals surface area contributed by atoms with Crippen LogP contribution in [0.5, 0.6) is 5.75 Å². The van der Waals surface area contributed by atoms with Crippen molar-refractivity contribution in [2.75, 3.05) is 6.61 Å². The van der Waals surface area contributed by atoms with Gasteiger partial charge in [-0.05, 0) is 48.8 Å².